The number of phenols is 1. The van der Waals surface area contributed by atoms with Crippen LogP contribution < -0.4 is 5.73 Å². The first-order valence-corrected chi connectivity index (χ1v) is 4.59. The zero-order chi connectivity index (χ0) is 10.7. The first kappa shape index (κ1) is 9.45. The zero-order valence-corrected chi connectivity index (χ0v) is 8.09. The highest BCUT2D eigenvalue weighted by atomic mass is 16.3. The van der Waals surface area contributed by atoms with E-state index < -0.39 is 0 Å². The topological polar surface area (TPSA) is 72.0 Å². The minimum atomic E-state index is 0.265. The molecule has 0 unspecified atom stereocenters. The van der Waals surface area contributed by atoms with Crippen molar-refractivity contribution in [3.05, 3.63) is 47.8 Å². The van der Waals surface area contributed by atoms with Gasteiger partial charge in [-0.2, -0.15) is 10.2 Å². The van der Waals surface area contributed by atoms with Gasteiger partial charge in [-0.1, -0.05) is 18.2 Å². The Morgan fingerprint density at radius 3 is 2.80 bits per heavy atom. The van der Waals surface area contributed by atoms with Crippen LogP contribution in [0.5, 0.6) is 5.75 Å². The van der Waals surface area contributed by atoms with Crippen LogP contribution >= 0.6 is 0 Å². The van der Waals surface area contributed by atoms with E-state index in [1.54, 1.807) is 18.2 Å². The lowest BCUT2D eigenvalue weighted by Crippen LogP contribution is -1.97. The maximum atomic E-state index is 9.56. The smallest absolute Gasteiger partial charge is 0.119 e. The summed E-state index contributed by atoms with van der Waals surface area (Å²) >= 11 is 0. The third-order valence-corrected chi connectivity index (χ3v) is 2.09. The first-order chi connectivity index (χ1) is 7.25. The standard InChI is InChI=1S/C11H11N3O/c12-9-6-10(14-13-7-9)5-8-3-1-2-4-11(8)15/h1-4,6-7,15H,5H2,(H2,12,14). The highest BCUT2D eigenvalue weighted by Crippen LogP contribution is 2.18. The van der Waals surface area contributed by atoms with Crippen LogP contribution in [0, 0.1) is 0 Å². The highest BCUT2D eigenvalue weighted by molar-refractivity contribution is 5.39. The van der Waals surface area contributed by atoms with Gasteiger partial charge in [-0.3, -0.25) is 0 Å². The van der Waals surface area contributed by atoms with Crippen molar-refractivity contribution in [1.29, 1.82) is 0 Å². The summed E-state index contributed by atoms with van der Waals surface area (Å²) in [6.45, 7) is 0. The predicted octanol–water partition coefficient (Wildman–Crippen LogP) is 1.36. The molecule has 0 radical (unpaired) electrons. The number of aromatic hydroxyl groups is 1. The summed E-state index contributed by atoms with van der Waals surface area (Å²) in [6.07, 6.45) is 2.03. The molecule has 2 aromatic rings. The van der Waals surface area contributed by atoms with Crippen LogP contribution in [0.25, 0.3) is 0 Å². The van der Waals surface area contributed by atoms with Gasteiger partial charge in [0.05, 0.1) is 17.6 Å². The maximum Gasteiger partial charge on any atom is 0.119 e. The largest absolute Gasteiger partial charge is 0.508 e. The summed E-state index contributed by atoms with van der Waals surface area (Å²) in [4.78, 5) is 0. The fourth-order valence-corrected chi connectivity index (χ4v) is 1.37. The molecule has 4 heteroatoms. The van der Waals surface area contributed by atoms with E-state index in [0.717, 1.165) is 11.3 Å². The molecule has 4 nitrogen and oxygen atoms in total. The van der Waals surface area contributed by atoms with E-state index in [0.29, 0.717) is 12.1 Å². The third-order valence-electron chi connectivity index (χ3n) is 2.09. The first-order valence-electron chi connectivity index (χ1n) is 4.59. The Kier molecular flexibility index (Phi) is 2.49. The summed E-state index contributed by atoms with van der Waals surface area (Å²) in [7, 11) is 0. The van der Waals surface area contributed by atoms with Gasteiger partial charge in [0.25, 0.3) is 0 Å². The summed E-state index contributed by atoms with van der Waals surface area (Å²) in [5.74, 6) is 0.265. The van der Waals surface area contributed by atoms with Crippen LogP contribution in [0.15, 0.2) is 36.5 Å². The Morgan fingerprint density at radius 1 is 1.27 bits per heavy atom. The average Bonchev–Trinajstić information content (AvgIpc) is 2.22. The molecule has 0 fully saturated rings. The molecular weight excluding hydrogens is 190 g/mol. The quantitative estimate of drug-likeness (QED) is 0.769. The number of nitrogens with two attached hydrogens (primary N) is 1. The van der Waals surface area contributed by atoms with Crippen molar-refractivity contribution in [3.8, 4) is 5.75 Å². The molecule has 2 rings (SSSR count). The maximum absolute atomic E-state index is 9.56. The number of hydrogen-bond acceptors (Lipinski definition) is 4. The number of rotatable bonds is 2. The number of benzene rings is 1. The Balaban J connectivity index is 2.26. The van der Waals surface area contributed by atoms with Gasteiger partial charge in [-0.25, -0.2) is 0 Å². The molecular formula is C11H11N3O. The van der Waals surface area contributed by atoms with E-state index in [-0.39, 0.29) is 5.75 Å². The zero-order valence-electron chi connectivity index (χ0n) is 8.09. The SMILES string of the molecule is Nc1cnnc(Cc2ccccc2O)c1. The lowest BCUT2D eigenvalue weighted by molar-refractivity contribution is 0.469. The summed E-state index contributed by atoms with van der Waals surface area (Å²) in [5.41, 5.74) is 7.73. The fourth-order valence-electron chi connectivity index (χ4n) is 1.37. The van der Waals surface area contributed by atoms with E-state index in [1.807, 2.05) is 12.1 Å². The molecule has 3 N–H and O–H groups in total. The molecule has 0 saturated heterocycles. The van der Waals surface area contributed by atoms with Crippen LogP contribution in [0.2, 0.25) is 0 Å². The molecule has 0 aliphatic carbocycles. The van der Waals surface area contributed by atoms with Crippen LogP contribution in [-0.4, -0.2) is 15.3 Å². The normalized spacial score (nSPS) is 10.1. The average molecular weight is 201 g/mol. The van der Waals surface area contributed by atoms with Crippen LogP contribution in [0.4, 0.5) is 5.69 Å². The molecule has 1 aromatic carbocycles. The van der Waals surface area contributed by atoms with Crippen LogP contribution in [0.3, 0.4) is 0 Å². The van der Waals surface area contributed by atoms with Gasteiger partial charge in [0, 0.05) is 6.42 Å². The second kappa shape index (κ2) is 3.96. The molecule has 1 aromatic heterocycles. The number of aromatic nitrogens is 2. The van der Waals surface area contributed by atoms with E-state index in [1.165, 1.54) is 6.20 Å². The molecule has 0 aliphatic rings. The number of nitrogens with zero attached hydrogens (tertiary/aromatic N) is 2. The van der Waals surface area contributed by atoms with Crippen molar-refractivity contribution >= 4 is 5.69 Å². The Labute approximate surface area is 87.4 Å². The van der Waals surface area contributed by atoms with Crippen molar-refractivity contribution in [2.45, 2.75) is 6.42 Å². The Morgan fingerprint density at radius 2 is 2.07 bits per heavy atom. The molecule has 0 amide bonds. The summed E-state index contributed by atoms with van der Waals surface area (Å²) < 4.78 is 0. The number of nitrogen functional groups attached to an aromatic ring is 1. The Hall–Kier alpha value is -2.10. The highest BCUT2D eigenvalue weighted by Gasteiger charge is 2.03. The second-order valence-corrected chi connectivity index (χ2v) is 3.29. The minimum Gasteiger partial charge on any atom is -0.508 e. The monoisotopic (exact) mass is 201 g/mol. The fraction of sp³-hybridized carbons (Fsp3) is 0.0909. The number of hydrogen-bond donors (Lipinski definition) is 2. The molecule has 0 atom stereocenters. The van der Waals surface area contributed by atoms with Gasteiger partial charge < -0.3 is 10.8 Å². The van der Waals surface area contributed by atoms with Crippen molar-refractivity contribution in [3.63, 3.8) is 0 Å². The minimum absolute atomic E-state index is 0.265. The number of anilines is 1. The van der Waals surface area contributed by atoms with Crippen molar-refractivity contribution in [2.24, 2.45) is 0 Å². The lowest BCUT2D eigenvalue weighted by Gasteiger charge is -2.03. The van der Waals surface area contributed by atoms with Gasteiger partial charge in [0.2, 0.25) is 0 Å². The van der Waals surface area contributed by atoms with E-state index in [4.69, 9.17) is 5.73 Å². The van der Waals surface area contributed by atoms with E-state index in [2.05, 4.69) is 10.2 Å². The number of phenolic OH excluding ortho intramolecular Hbond substituents is 1. The predicted molar refractivity (Wildman–Crippen MR) is 57.4 cm³/mol. The van der Waals surface area contributed by atoms with Gasteiger partial charge in [0.15, 0.2) is 0 Å². The second-order valence-electron chi connectivity index (χ2n) is 3.29. The molecule has 15 heavy (non-hydrogen) atoms. The van der Waals surface area contributed by atoms with Gasteiger partial charge >= 0.3 is 0 Å². The van der Waals surface area contributed by atoms with Crippen LogP contribution in [-0.2, 0) is 6.42 Å². The van der Waals surface area contributed by atoms with Crippen molar-refractivity contribution < 1.29 is 5.11 Å². The number of para-hydroxylation sites is 1. The molecule has 0 spiro atoms. The lowest BCUT2D eigenvalue weighted by atomic mass is 10.1. The van der Waals surface area contributed by atoms with E-state index >= 15 is 0 Å². The summed E-state index contributed by atoms with van der Waals surface area (Å²) in [5, 5.41) is 17.2. The molecule has 0 saturated carbocycles. The van der Waals surface area contributed by atoms with Crippen molar-refractivity contribution in [1.82, 2.24) is 10.2 Å². The molecule has 0 bridgehead atoms. The molecule has 1 heterocycles. The van der Waals surface area contributed by atoms with Gasteiger partial charge in [-0.05, 0) is 17.7 Å². The van der Waals surface area contributed by atoms with Gasteiger partial charge in [0.1, 0.15) is 5.75 Å². The Bertz CT molecular complexity index is 471. The van der Waals surface area contributed by atoms with Crippen LogP contribution in [0.1, 0.15) is 11.3 Å². The van der Waals surface area contributed by atoms with Crippen molar-refractivity contribution in [2.75, 3.05) is 5.73 Å². The van der Waals surface area contributed by atoms with E-state index in [9.17, 15) is 5.11 Å². The van der Waals surface area contributed by atoms with Gasteiger partial charge in [-0.15, -0.1) is 0 Å². The molecule has 76 valence electrons. The summed E-state index contributed by atoms with van der Waals surface area (Å²) in [6, 6.07) is 8.90. The third kappa shape index (κ3) is 2.22. The molecule has 0 aliphatic heterocycles.